The van der Waals surface area contributed by atoms with Crippen molar-refractivity contribution in [2.24, 2.45) is 5.92 Å². The van der Waals surface area contributed by atoms with E-state index in [2.05, 4.69) is 0 Å². The smallest absolute Gasteiger partial charge is 0.675 e. The summed E-state index contributed by atoms with van der Waals surface area (Å²) in [6, 6.07) is 0. The number of aliphatic hydroxyl groups is 1. The van der Waals surface area contributed by atoms with Crippen LogP contribution in [0.2, 0.25) is 0 Å². The number of hydrogen-bond acceptors (Lipinski definition) is 4. The van der Waals surface area contributed by atoms with Crippen molar-refractivity contribution in [2.75, 3.05) is 13.1 Å². The van der Waals surface area contributed by atoms with Crippen molar-refractivity contribution >= 4 is 5.97 Å². The number of aliphatic carboxylic acids is 1. The molecule has 4 N–H and O–H groups in total. The first kappa shape index (κ1) is 23.2. The molecule has 3 atom stereocenters. The van der Waals surface area contributed by atoms with Gasteiger partial charge < -0.3 is 31.2 Å². The first-order valence-corrected chi connectivity index (χ1v) is 6.71. The van der Waals surface area contributed by atoms with Gasteiger partial charge >= 0.3 is 27.0 Å². The molecule has 7 nitrogen and oxygen atoms in total. The molecule has 0 amide bonds. The van der Waals surface area contributed by atoms with Crippen LogP contribution in [-0.2, 0) is 35.3 Å². The molecule has 0 radical (unpaired) electrons. The van der Waals surface area contributed by atoms with Crippen LogP contribution in [0, 0.1) is 5.92 Å². The minimum Gasteiger partial charge on any atom is -0.675 e. The molecule has 0 aromatic heterocycles. The number of hydrogen-bond donors (Lipinski definition) is 2. The van der Waals surface area contributed by atoms with E-state index >= 15 is 0 Å². The van der Waals surface area contributed by atoms with Crippen molar-refractivity contribution < 1.29 is 45.5 Å². The standard InChI is InChI=1S/C9H18N2O2.C4H8O3.Pt/c1-6(2)9(3)12-7(4-10)8(5-11)13-9;1-3(5)2-4(6)7;/h6-8,10-11H,4-5H2,1-3H3;3,5H,2H2,1H3,(H,6,7);/q-2;;+2/t;3-;/m.0./s1. The Hall–Kier alpha value is -0.0417. The SMILES string of the molecule is CC(C)C1(C)OC(C[NH-])C(C[NH-])O1.C[C@H](O)CC(=O)O.[Pt+2]. The predicted octanol–water partition coefficient (Wildman–Crippen LogP) is 2.09. The Morgan fingerprint density at radius 2 is 1.57 bits per heavy atom. The fraction of sp³-hybridized carbons (Fsp3) is 0.923. The van der Waals surface area contributed by atoms with Gasteiger partial charge in [0.2, 0.25) is 0 Å². The molecule has 0 aliphatic carbocycles. The first-order chi connectivity index (χ1) is 9.16. The Morgan fingerprint density at radius 1 is 1.19 bits per heavy atom. The molecule has 0 aromatic carbocycles. The Balaban J connectivity index is 0. The number of aliphatic hydroxyl groups excluding tert-OH is 1. The second-order valence-electron chi connectivity index (χ2n) is 5.34. The van der Waals surface area contributed by atoms with Crippen molar-refractivity contribution in [1.29, 1.82) is 0 Å². The topological polar surface area (TPSA) is 124 Å². The average molecular weight is 485 g/mol. The zero-order valence-corrected chi connectivity index (χ0v) is 15.1. The maximum atomic E-state index is 9.65. The minimum absolute atomic E-state index is 0. The summed E-state index contributed by atoms with van der Waals surface area (Å²) in [5.74, 6) is -1.31. The molecule has 2 unspecified atom stereocenters. The molecule has 0 bridgehead atoms. The number of ether oxygens (including phenoxy) is 2. The predicted molar refractivity (Wildman–Crippen MR) is 75.3 cm³/mol. The number of carboxylic acid groups (broad SMARTS) is 1. The molecule has 1 aliphatic rings. The van der Waals surface area contributed by atoms with Crippen molar-refractivity contribution in [2.45, 2.75) is 58.2 Å². The van der Waals surface area contributed by atoms with Crippen LogP contribution in [0.25, 0.3) is 11.5 Å². The minimum atomic E-state index is -0.963. The van der Waals surface area contributed by atoms with Gasteiger partial charge in [-0.25, -0.2) is 0 Å². The van der Waals surface area contributed by atoms with Gasteiger partial charge in [0.1, 0.15) is 0 Å². The Kier molecular flexibility index (Phi) is 11.8. The van der Waals surface area contributed by atoms with Gasteiger partial charge in [0, 0.05) is 5.92 Å². The van der Waals surface area contributed by atoms with E-state index < -0.39 is 17.9 Å². The van der Waals surface area contributed by atoms with Crippen LogP contribution in [0.4, 0.5) is 0 Å². The average Bonchev–Trinajstić information content (AvgIpc) is 2.66. The van der Waals surface area contributed by atoms with E-state index in [0.717, 1.165) is 0 Å². The quantitative estimate of drug-likeness (QED) is 0.617. The molecule has 21 heavy (non-hydrogen) atoms. The van der Waals surface area contributed by atoms with Crippen LogP contribution >= 0.6 is 0 Å². The van der Waals surface area contributed by atoms with Crippen molar-refractivity contribution in [3.8, 4) is 0 Å². The molecule has 128 valence electrons. The van der Waals surface area contributed by atoms with Gasteiger partial charge in [-0.05, 0) is 13.8 Å². The molecule has 0 aromatic rings. The Bertz CT molecular complexity index is 290. The van der Waals surface area contributed by atoms with Crippen LogP contribution in [0.5, 0.6) is 0 Å². The van der Waals surface area contributed by atoms with Crippen LogP contribution in [-0.4, -0.2) is 53.4 Å². The molecule has 8 heteroatoms. The second kappa shape index (κ2) is 10.6. The number of nitrogens with one attached hydrogen (secondary N) is 2. The van der Waals surface area contributed by atoms with E-state index in [1.807, 2.05) is 20.8 Å². The monoisotopic (exact) mass is 485 g/mol. The van der Waals surface area contributed by atoms with Gasteiger partial charge in [-0.3, -0.25) is 4.79 Å². The zero-order chi connectivity index (χ0) is 15.9. The largest absolute Gasteiger partial charge is 2.00 e. The van der Waals surface area contributed by atoms with Gasteiger partial charge in [-0.15, -0.1) is 13.1 Å². The summed E-state index contributed by atoms with van der Waals surface area (Å²) in [6.45, 7) is 7.71. The number of carboxylic acids is 1. The summed E-state index contributed by atoms with van der Waals surface area (Å²) < 4.78 is 11.3. The fourth-order valence-electron chi connectivity index (χ4n) is 1.65. The third-order valence-corrected chi connectivity index (χ3v) is 3.11. The molecule has 1 fully saturated rings. The number of rotatable bonds is 5. The fourth-order valence-corrected chi connectivity index (χ4v) is 1.65. The molecule has 0 saturated carbocycles. The summed E-state index contributed by atoms with van der Waals surface area (Å²) in [4.78, 5) is 9.65. The summed E-state index contributed by atoms with van der Waals surface area (Å²) in [7, 11) is 0. The summed E-state index contributed by atoms with van der Waals surface area (Å²) in [6.07, 6.45) is -1.35. The van der Waals surface area contributed by atoms with Gasteiger partial charge in [-0.1, -0.05) is 13.8 Å². The van der Waals surface area contributed by atoms with Crippen LogP contribution in [0.15, 0.2) is 0 Å². The van der Waals surface area contributed by atoms with Crippen LogP contribution < -0.4 is 0 Å². The Labute approximate surface area is 140 Å². The molecule has 1 heterocycles. The van der Waals surface area contributed by atoms with Crippen molar-refractivity contribution in [1.82, 2.24) is 0 Å². The van der Waals surface area contributed by atoms with Crippen molar-refractivity contribution in [3.05, 3.63) is 11.5 Å². The second-order valence-corrected chi connectivity index (χ2v) is 5.34. The number of carbonyl (C=O) groups is 1. The van der Waals surface area contributed by atoms with E-state index in [4.69, 9.17) is 31.2 Å². The zero-order valence-electron chi connectivity index (χ0n) is 12.9. The van der Waals surface area contributed by atoms with E-state index in [-0.39, 0.29) is 58.7 Å². The first-order valence-electron chi connectivity index (χ1n) is 6.71. The maximum Gasteiger partial charge on any atom is 2.00 e. The summed E-state index contributed by atoms with van der Waals surface area (Å²) in [5, 5.41) is 16.3. The molecule has 1 rings (SSSR count). The van der Waals surface area contributed by atoms with Gasteiger partial charge in [-0.2, -0.15) is 0 Å². The van der Waals surface area contributed by atoms with E-state index in [9.17, 15) is 4.79 Å². The molecule has 0 spiro atoms. The molecule has 1 aliphatic heterocycles. The van der Waals surface area contributed by atoms with Crippen molar-refractivity contribution in [3.63, 3.8) is 0 Å². The van der Waals surface area contributed by atoms with Crippen LogP contribution in [0.3, 0.4) is 0 Å². The maximum absolute atomic E-state index is 9.65. The molecular weight excluding hydrogens is 459 g/mol. The van der Waals surface area contributed by atoms with E-state index in [0.29, 0.717) is 0 Å². The van der Waals surface area contributed by atoms with Gasteiger partial charge in [0.15, 0.2) is 5.79 Å². The third kappa shape index (κ3) is 8.23. The van der Waals surface area contributed by atoms with Crippen LogP contribution in [0.1, 0.15) is 34.1 Å². The normalized spacial score (nSPS) is 29.3. The van der Waals surface area contributed by atoms with Gasteiger partial charge in [0.25, 0.3) is 0 Å². The third-order valence-electron chi connectivity index (χ3n) is 3.11. The van der Waals surface area contributed by atoms with E-state index in [1.54, 1.807) is 0 Å². The molecular formula is C13H26N2O5Pt. The summed E-state index contributed by atoms with van der Waals surface area (Å²) >= 11 is 0. The van der Waals surface area contributed by atoms with Gasteiger partial charge in [0.05, 0.1) is 24.7 Å². The summed E-state index contributed by atoms with van der Waals surface area (Å²) in [5.41, 5.74) is 14.5. The molecule has 1 saturated heterocycles. The van der Waals surface area contributed by atoms with E-state index in [1.165, 1.54) is 6.92 Å². The Morgan fingerprint density at radius 3 is 1.71 bits per heavy atom.